The molecule has 1 rings (SSSR count). The Morgan fingerprint density at radius 3 is 2.86 bits per heavy atom. The minimum Gasteiger partial charge on any atom is -0.303 e. The third-order valence-electron chi connectivity index (χ3n) is 1.63. The second-order valence-electron chi connectivity index (χ2n) is 2.55. The van der Waals surface area contributed by atoms with Crippen molar-refractivity contribution in [3.63, 3.8) is 0 Å². The van der Waals surface area contributed by atoms with Crippen LogP contribution in [0.4, 0.5) is 0 Å². The Balaban J connectivity index is 0.000000791. The van der Waals surface area contributed by atoms with Gasteiger partial charge in [-0.2, -0.15) is 0 Å². The topological polar surface area (TPSA) is 30.0 Å². The zero-order chi connectivity index (χ0) is 10.8. The molecule has 0 bridgehead atoms. The Labute approximate surface area is 93.2 Å². The van der Waals surface area contributed by atoms with Gasteiger partial charge in [0.2, 0.25) is 0 Å². The van der Waals surface area contributed by atoms with Gasteiger partial charge in [-0.3, -0.25) is 4.98 Å². The number of aldehydes is 1. The summed E-state index contributed by atoms with van der Waals surface area (Å²) in [6.45, 7) is 3.86. The number of halogens is 1. The number of allylic oxidation sites excluding steroid dienone is 1. The molecule has 0 aliphatic carbocycles. The Morgan fingerprint density at radius 2 is 2.36 bits per heavy atom. The van der Waals surface area contributed by atoms with E-state index in [0.29, 0.717) is 6.42 Å². The average molecular weight is 256 g/mol. The molecule has 0 spiro atoms. The predicted octanol–water partition coefficient (Wildman–Crippen LogP) is 3.09. The highest BCUT2D eigenvalue weighted by Gasteiger charge is 1.96. The van der Waals surface area contributed by atoms with Gasteiger partial charge >= 0.3 is 0 Å². The number of pyridine rings is 1. The summed E-state index contributed by atoms with van der Waals surface area (Å²) in [7, 11) is 0. The first-order valence-electron chi connectivity index (χ1n) is 4.24. The minimum atomic E-state index is 0.535. The molecule has 0 aliphatic rings. The number of alkyl halides is 1. The average Bonchev–Trinajstić information content (AvgIpc) is 2.30. The van der Waals surface area contributed by atoms with Gasteiger partial charge in [-0.1, -0.05) is 28.6 Å². The van der Waals surface area contributed by atoms with Crippen LogP contribution in [-0.4, -0.2) is 17.1 Å². The standard InChI is InChI=1S/C10H11NO.CH3Br/c1-9(4-3-7-12)10-5-2-6-11-8-10;1-2/h2,5-8H,1,3-4H2;1H3. The molecule has 1 aromatic rings. The van der Waals surface area contributed by atoms with E-state index in [2.05, 4.69) is 27.5 Å². The maximum Gasteiger partial charge on any atom is 0.120 e. The van der Waals surface area contributed by atoms with Crippen LogP contribution in [0.5, 0.6) is 0 Å². The maximum atomic E-state index is 10.1. The largest absolute Gasteiger partial charge is 0.303 e. The molecule has 0 amide bonds. The molecule has 1 heterocycles. The van der Waals surface area contributed by atoms with Crippen molar-refractivity contribution in [3.05, 3.63) is 36.7 Å². The molecule has 3 heteroatoms. The SMILES string of the molecule is C=C(CCC=O)c1cccnc1.CBr. The molecule has 76 valence electrons. The minimum absolute atomic E-state index is 0.535. The summed E-state index contributed by atoms with van der Waals surface area (Å²) in [6.07, 6.45) is 5.63. The van der Waals surface area contributed by atoms with E-state index in [1.165, 1.54) is 0 Å². The first kappa shape index (κ1) is 13.0. The fraction of sp³-hybridized carbons (Fsp3) is 0.273. The lowest BCUT2D eigenvalue weighted by Gasteiger charge is -2.00. The van der Waals surface area contributed by atoms with Crippen LogP contribution in [0, 0.1) is 0 Å². The van der Waals surface area contributed by atoms with Crippen LogP contribution < -0.4 is 0 Å². The molecule has 1 aromatic heterocycles. The van der Waals surface area contributed by atoms with Crippen LogP contribution in [-0.2, 0) is 4.79 Å². The molecule has 0 N–H and O–H groups in total. The normalized spacial score (nSPS) is 8.43. The van der Waals surface area contributed by atoms with Crippen molar-refractivity contribution in [2.45, 2.75) is 12.8 Å². The van der Waals surface area contributed by atoms with Gasteiger partial charge in [-0.15, -0.1) is 0 Å². The molecule has 0 aromatic carbocycles. The van der Waals surface area contributed by atoms with Crippen molar-refractivity contribution >= 4 is 27.8 Å². The maximum absolute atomic E-state index is 10.1. The van der Waals surface area contributed by atoms with Crippen LogP contribution in [0.3, 0.4) is 0 Å². The van der Waals surface area contributed by atoms with Gasteiger partial charge in [0.15, 0.2) is 0 Å². The number of hydrogen-bond acceptors (Lipinski definition) is 2. The van der Waals surface area contributed by atoms with Crippen molar-refractivity contribution in [3.8, 4) is 0 Å². The number of nitrogens with zero attached hydrogens (tertiary/aromatic N) is 1. The molecule has 0 unspecified atom stereocenters. The van der Waals surface area contributed by atoms with E-state index in [1.54, 1.807) is 12.4 Å². The van der Waals surface area contributed by atoms with Crippen LogP contribution in [0.25, 0.3) is 5.57 Å². The van der Waals surface area contributed by atoms with Gasteiger partial charge < -0.3 is 4.79 Å². The van der Waals surface area contributed by atoms with Crippen molar-refractivity contribution in [2.75, 3.05) is 5.83 Å². The third-order valence-corrected chi connectivity index (χ3v) is 1.63. The van der Waals surface area contributed by atoms with E-state index in [9.17, 15) is 4.79 Å². The summed E-state index contributed by atoms with van der Waals surface area (Å²) in [5.74, 6) is 1.81. The zero-order valence-electron chi connectivity index (χ0n) is 8.24. The van der Waals surface area contributed by atoms with Crippen molar-refractivity contribution in [1.82, 2.24) is 4.98 Å². The first-order valence-corrected chi connectivity index (χ1v) is 5.83. The summed E-state index contributed by atoms with van der Waals surface area (Å²) < 4.78 is 0. The molecule has 0 saturated carbocycles. The predicted molar refractivity (Wildman–Crippen MR) is 63.4 cm³/mol. The molecule has 0 radical (unpaired) electrons. The van der Waals surface area contributed by atoms with Crippen molar-refractivity contribution < 1.29 is 4.79 Å². The fourth-order valence-corrected chi connectivity index (χ4v) is 0.949. The molecule has 0 aliphatic heterocycles. The lowest BCUT2D eigenvalue weighted by molar-refractivity contribution is -0.107. The highest BCUT2D eigenvalue weighted by atomic mass is 79.9. The van der Waals surface area contributed by atoms with Crippen molar-refractivity contribution in [2.24, 2.45) is 0 Å². The lowest BCUT2D eigenvalue weighted by atomic mass is 10.1. The highest BCUT2D eigenvalue weighted by Crippen LogP contribution is 2.14. The van der Waals surface area contributed by atoms with E-state index in [4.69, 9.17) is 0 Å². The fourth-order valence-electron chi connectivity index (χ4n) is 0.949. The van der Waals surface area contributed by atoms with E-state index in [1.807, 2.05) is 18.0 Å². The number of rotatable bonds is 4. The highest BCUT2D eigenvalue weighted by molar-refractivity contribution is 9.08. The smallest absolute Gasteiger partial charge is 0.120 e. The van der Waals surface area contributed by atoms with Gasteiger partial charge in [0, 0.05) is 18.8 Å². The van der Waals surface area contributed by atoms with Crippen LogP contribution in [0.2, 0.25) is 0 Å². The molecule has 0 fully saturated rings. The van der Waals surface area contributed by atoms with Crippen LogP contribution >= 0.6 is 15.9 Å². The van der Waals surface area contributed by atoms with Crippen molar-refractivity contribution in [1.29, 1.82) is 0 Å². The van der Waals surface area contributed by atoms with Gasteiger partial charge in [-0.25, -0.2) is 0 Å². The molecule has 2 nitrogen and oxygen atoms in total. The summed E-state index contributed by atoms with van der Waals surface area (Å²) in [6, 6.07) is 3.81. The van der Waals surface area contributed by atoms with Gasteiger partial charge in [0.05, 0.1) is 0 Å². The number of aromatic nitrogens is 1. The van der Waals surface area contributed by atoms with Gasteiger partial charge in [0.1, 0.15) is 6.29 Å². The zero-order valence-corrected chi connectivity index (χ0v) is 9.83. The second-order valence-corrected chi connectivity index (χ2v) is 2.55. The molecular weight excluding hydrogens is 242 g/mol. The number of carbonyl (C=O) groups is 1. The van der Waals surface area contributed by atoms with Crippen LogP contribution in [0.1, 0.15) is 18.4 Å². The summed E-state index contributed by atoms with van der Waals surface area (Å²) >= 11 is 2.94. The Hall–Kier alpha value is -0.960. The molecule has 0 saturated heterocycles. The Morgan fingerprint density at radius 1 is 1.64 bits per heavy atom. The number of carbonyl (C=O) groups excluding carboxylic acids is 1. The first-order chi connectivity index (χ1) is 6.84. The molecule has 0 atom stereocenters. The van der Waals surface area contributed by atoms with Crippen LogP contribution in [0.15, 0.2) is 31.1 Å². The quantitative estimate of drug-likeness (QED) is 0.612. The van der Waals surface area contributed by atoms with E-state index in [0.717, 1.165) is 23.8 Å². The molecule has 14 heavy (non-hydrogen) atoms. The summed E-state index contributed by atoms with van der Waals surface area (Å²) in [4.78, 5) is 14.0. The van der Waals surface area contributed by atoms with E-state index in [-0.39, 0.29) is 0 Å². The monoisotopic (exact) mass is 255 g/mol. The van der Waals surface area contributed by atoms with E-state index >= 15 is 0 Å². The second kappa shape index (κ2) is 8.63. The van der Waals surface area contributed by atoms with Gasteiger partial charge in [0.25, 0.3) is 0 Å². The Bertz CT molecular complexity index is 272. The van der Waals surface area contributed by atoms with E-state index < -0.39 is 0 Å². The lowest BCUT2D eigenvalue weighted by Crippen LogP contribution is -1.84. The molecular formula is C11H14BrNO. The summed E-state index contributed by atoms with van der Waals surface area (Å²) in [5.41, 5.74) is 1.98. The Kier molecular flexibility index (Phi) is 8.04. The third kappa shape index (κ3) is 4.92. The van der Waals surface area contributed by atoms with Gasteiger partial charge in [-0.05, 0) is 29.5 Å². The summed E-state index contributed by atoms with van der Waals surface area (Å²) in [5, 5.41) is 0. The number of hydrogen-bond donors (Lipinski definition) is 0.